The molecule has 0 bridgehead atoms. The molecule has 3 heterocycles. The van der Waals surface area contributed by atoms with Crippen LogP contribution in [0.3, 0.4) is 0 Å². The van der Waals surface area contributed by atoms with Crippen LogP contribution in [0.1, 0.15) is 31.4 Å². The first-order valence-corrected chi connectivity index (χ1v) is 7.97. The second-order valence-electron chi connectivity index (χ2n) is 6.03. The average Bonchev–Trinajstić information content (AvgIpc) is 3.06. The van der Waals surface area contributed by atoms with Crippen LogP contribution in [-0.4, -0.2) is 43.9 Å². The molecule has 0 spiro atoms. The van der Waals surface area contributed by atoms with E-state index in [2.05, 4.69) is 32.7 Å². The SMILES string of the molecule is Cc1nn(C)cc1-c1cncn1CCCN1CCCCC1.Cl. The van der Waals surface area contributed by atoms with Crippen LogP contribution < -0.4 is 0 Å². The number of rotatable bonds is 5. The lowest BCUT2D eigenvalue weighted by Gasteiger charge is -2.26. The lowest BCUT2D eigenvalue weighted by molar-refractivity contribution is 0.223. The van der Waals surface area contributed by atoms with Gasteiger partial charge in [0.15, 0.2) is 0 Å². The number of halogens is 1. The molecule has 1 fully saturated rings. The van der Waals surface area contributed by atoms with Crippen LogP contribution in [0.2, 0.25) is 0 Å². The van der Waals surface area contributed by atoms with Gasteiger partial charge in [-0.2, -0.15) is 5.10 Å². The summed E-state index contributed by atoms with van der Waals surface area (Å²) in [5.74, 6) is 0. The fraction of sp³-hybridized carbons (Fsp3) is 0.625. The van der Waals surface area contributed by atoms with E-state index < -0.39 is 0 Å². The van der Waals surface area contributed by atoms with E-state index in [9.17, 15) is 0 Å². The molecule has 0 aliphatic carbocycles. The van der Waals surface area contributed by atoms with Gasteiger partial charge in [-0.3, -0.25) is 4.68 Å². The first kappa shape index (κ1) is 17.0. The van der Waals surface area contributed by atoms with Crippen molar-refractivity contribution in [3.63, 3.8) is 0 Å². The highest BCUT2D eigenvalue weighted by Gasteiger charge is 2.12. The van der Waals surface area contributed by atoms with Crippen molar-refractivity contribution >= 4 is 12.4 Å². The molecule has 0 amide bonds. The first-order chi connectivity index (χ1) is 10.2. The van der Waals surface area contributed by atoms with Crippen LogP contribution >= 0.6 is 12.4 Å². The Morgan fingerprint density at radius 2 is 1.91 bits per heavy atom. The number of hydrogen-bond acceptors (Lipinski definition) is 3. The van der Waals surface area contributed by atoms with Crippen LogP contribution in [0.5, 0.6) is 0 Å². The third-order valence-electron chi connectivity index (χ3n) is 4.32. The van der Waals surface area contributed by atoms with Gasteiger partial charge < -0.3 is 9.47 Å². The van der Waals surface area contributed by atoms with Gasteiger partial charge in [-0.1, -0.05) is 6.42 Å². The van der Waals surface area contributed by atoms with Crippen molar-refractivity contribution in [2.45, 2.75) is 39.2 Å². The van der Waals surface area contributed by atoms with Crippen molar-refractivity contribution in [2.24, 2.45) is 7.05 Å². The van der Waals surface area contributed by atoms with Crippen LogP contribution in [0.4, 0.5) is 0 Å². The number of aromatic nitrogens is 4. The molecule has 1 saturated heterocycles. The normalized spacial score (nSPS) is 15.7. The highest BCUT2D eigenvalue weighted by Crippen LogP contribution is 2.22. The van der Waals surface area contributed by atoms with Crippen LogP contribution in [0, 0.1) is 6.92 Å². The highest BCUT2D eigenvalue weighted by atomic mass is 35.5. The Balaban J connectivity index is 0.00000176. The number of imidazole rings is 1. The number of nitrogens with zero attached hydrogens (tertiary/aromatic N) is 5. The molecule has 0 unspecified atom stereocenters. The topological polar surface area (TPSA) is 38.9 Å². The Hall–Kier alpha value is -1.33. The number of hydrogen-bond donors (Lipinski definition) is 0. The van der Waals surface area contributed by atoms with E-state index in [0.29, 0.717) is 0 Å². The standard InChI is InChI=1S/C16H25N5.ClH/c1-14-15(12-19(2)18-14)16-11-17-13-21(16)10-6-9-20-7-4-3-5-8-20;/h11-13H,3-10H2,1-2H3;1H. The predicted molar refractivity (Wildman–Crippen MR) is 91.3 cm³/mol. The van der Waals surface area contributed by atoms with Crippen molar-refractivity contribution in [3.05, 3.63) is 24.4 Å². The van der Waals surface area contributed by atoms with Gasteiger partial charge in [-0.05, 0) is 45.8 Å². The Labute approximate surface area is 138 Å². The van der Waals surface area contributed by atoms with Gasteiger partial charge in [0.1, 0.15) is 0 Å². The minimum absolute atomic E-state index is 0. The van der Waals surface area contributed by atoms with Gasteiger partial charge in [0.25, 0.3) is 0 Å². The molecule has 0 N–H and O–H groups in total. The summed E-state index contributed by atoms with van der Waals surface area (Å²) in [7, 11) is 1.97. The minimum atomic E-state index is 0. The van der Waals surface area contributed by atoms with E-state index in [4.69, 9.17) is 0 Å². The maximum absolute atomic E-state index is 4.43. The third kappa shape index (κ3) is 3.90. The lowest BCUT2D eigenvalue weighted by Crippen LogP contribution is -2.31. The predicted octanol–water partition coefficient (Wildman–Crippen LogP) is 2.89. The molecule has 122 valence electrons. The van der Waals surface area contributed by atoms with Crippen LogP contribution in [0.25, 0.3) is 11.3 Å². The molecular weight excluding hydrogens is 298 g/mol. The zero-order chi connectivity index (χ0) is 14.7. The number of aryl methyl sites for hydroxylation is 3. The monoisotopic (exact) mass is 323 g/mol. The fourth-order valence-electron chi connectivity index (χ4n) is 3.22. The van der Waals surface area contributed by atoms with E-state index in [1.807, 2.05) is 24.3 Å². The van der Waals surface area contributed by atoms with Crippen molar-refractivity contribution in [1.82, 2.24) is 24.2 Å². The molecule has 0 atom stereocenters. The average molecular weight is 324 g/mol. The Kier molecular flexibility index (Phi) is 6.03. The molecule has 5 nitrogen and oxygen atoms in total. The quantitative estimate of drug-likeness (QED) is 0.849. The van der Waals surface area contributed by atoms with Gasteiger partial charge in [-0.25, -0.2) is 4.98 Å². The summed E-state index contributed by atoms with van der Waals surface area (Å²) in [6.45, 7) is 6.83. The Morgan fingerprint density at radius 1 is 1.14 bits per heavy atom. The van der Waals surface area contributed by atoms with Gasteiger partial charge >= 0.3 is 0 Å². The summed E-state index contributed by atoms with van der Waals surface area (Å²) in [6, 6.07) is 0. The zero-order valence-electron chi connectivity index (χ0n) is 13.5. The summed E-state index contributed by atoms with van der Waals surface area (Å²) in [4.78, 5) is 6.92. The van der Waals surface area contributed by atoms with Gasteiger partial charge in [0.05, 0.1) is 23.9 Å². The summed E-state index contributed by atoms with van der Waals surface area (Å²) in [5, 5.41) is 4.43. The summed E-state index contributed by atoms with van der Waals surface area (Å²) >= 11 is 0. The second-order valence-corrected chi connectivity index (χ2v) is 6.03. The largest absolute Gasteiger partial charge is 0.330 e. The molecule has 3 rings (SSSR count). The van der Waals surface area contributed by atoms with Gasteiger partial charge in [-0.15, -0.1) is 12.4 Å². The van der Waals surface area contributed by atoms with E-state index in [-0.39, 0.29) is 12.4 Å². The molecule has 0 saturated carbocycles. The summed E-state index contributed by atoms with van der Waals surface area (Å²) in [5.41, 5.74) is 3.43. The van der Waals surface area contributed by atoms with E-state index in [1.165, 1.54) is 56.6 Å². The fourth-order valence-corrected chi connectivity index (χ4v) is 3.22. The molecule has 2 aromatic rings. The summed E-state index contributed by atoms with van der Waals surface area (Å²) < 4.78 is 4.13. The zero-order valence-corrected chi connectivity index (χ0v) is 14.3. The van der Waals surface area contributed by atoms with E-state index >= 15 is 0 Å². The van der Waals surface area contributed by atoms with Crippen LogP contribution in [0.15, 0.2) is 18.7 Å². The lowest BCUT2D eigenvalue weighted by atomic mass is 10.1. The molecule has 1 aliphatic heterocycles. The van der Waals surface area contributed by atoms with Crippen molar-refractivity contribution in [1.29, 1.82) is 0 Å². The van der Waals surface area contributed by atoms with Crippen LogP contribution in [-0.2, 0) is 13.6 Å². The Morgan fingerprint density at radius 3 is 2.59 bits per heavy atom. The van der Waals surface area contributed by atoms with Crippen molar-refractivity contribution in [2.75, 3.05) is 19.6 Å². The first-order valence-electron chi connectivity index (χ1n) is 7.97. The van der Waals surface area contributed by atoms with Gasteiger partial charge in [0, 0.05) is 25.4 Å². The molecule has 22 heavy (non-hydrogen) atoms. The third-order valence-corrected chi connectivity index (χ3v) is 4.32. The smallest absolute Gasteiger partial charge is 0.0950 e. The minimum Gasteiger partial charge on any atom is -0.330 e. The molecule has 0 radical (unpaired) electrons. The molecular formula is C16H26ClN5. The Bertz CT molecular complexity index is 583. The highest BCUT2D eigenvalue weighted by molar-refractivity contribution is 5.85. The maximum Gasteiger partial charge on any atom is 0.0950 e. The van der Waals surface area contributed by atoms with E-state index in [1.54, 1.807) is 0 Å². The molecule has 0 aromatic carbocycles. The molecule has 1 aliphatic rings. The molecule has 2 aromatic heterocycles. The summed E-state index contributed by atoms with van der Waals surface area (Å²) in [6.07, 6.45) is 11.3. The molecule has 6 heteroatoms. The van der Waals surface area contributed by atoms with Gasteiger partial charge in [0.2, 0.25) is 0 Å². The maximum atomic E-state index is 4.43. The van der Waals surface area contributed by atoms with E-state index in [0.717, 1.165) is 12.2 Å². The number of piperidine rings is 1. The second kappa shape index (κ2) is 7.79. The van der Waals surface area contributed by atoms with Crippen molar-refractivity contribution in [3.8, 4) is 11.3 Å². The number of likely N-dealkylation sites (tertiary alicyclic amines) is 1. The van der Waals surface area contributed by atoms with Crippen molar-refractivity contribution < 1.29 is 0 Å².